The van der Waals surface area contributed by atoms with Gasteiger partial charge in [0.05, 0.1) is 11.5 Å². The molecular formula is C12H17ClN2O3S. The molecule has 106 valence electrons. The van der Waals surface area contributed by atoms with E-state index >= 15 is 0 Å². The van der Waals surface area contributed by atoms with E-state index in [0.717, 1.165) is 5.69 Å². The summed E-state index contributed by atoms with van der Waals surface area (Å²) < 4.78 is 22.8. The molecule has 0 radical (unpaired) electrons. The van der Waals surface area contributed by atoms with E-state index in [1.807, 2.05) is 0 Å². The van der Waals surface area contributed by atoms with Crippen LogP contribution in [0.4, 0.5) is 5.69 Å². The lowest BCUT2D eigenvalue weighted by atomic mass is 10.2. The molecule has 1 aromatic rings. The Morgan fingerprint density at radius 3 is 2.37 bits per heavy atom. The fraction of sp³-hybridized carbons (Fsp3) is 0.417. The Labute approximate surface area is 118 Å². The molecule has 0 saturated heterocycles. The predicted octanol–water partition coefficient (Wildman–Crippen LogP) is 1.11. The van der Waals surface area contributed by atoms with Gasteiger partial charge in [0.2, 0.25) is 0 Å². The van der Waals surface area contributed by atoms with Crippen molar-refractivity contribution in [1.82, 2.24) is 5.32 Å². The van der Waals surface area contributed by atoms with Gasteiger partial charge in [0, 0.05) is 30.7 Å². The van der Waals surface area contributed by atoms with Crippen LogP contribution in [0.2, 0.25) is 0 Å². The zero-order chi connectivity index (χ0) is 14.3. The van der Waals surface area contributed by atoms with Gasteiger partial charge in [0.25, 0.3) is 5.91 Å². The first kappa shape index (κ1) is 15.8. The molecule has 0 spiro atoms. The van der Waals surface area contributed by atoms with E-state index < -0.39 is 9.84 Å². The number of sulfone groups is 1. The Balaban J connectivity index is 2.47. The van der Waals surface area contributed by atoms with Gasteiger partial charge in [0.1, 0.15) is 0 Å². The lowest BCUT2D eigenvalue weighted by molar-refractivity contribution is 0.0956. The van der Waals surface area contributed by atoms with Crippen LogP contribution in [-0.2, 0) is 9.84 Å². The minimum atomic E-state index is -3.18. The van der Waals surface area contributed by atoms with E-state index in [9.17, 15) is 13.2 Å². The molecule has 0 unspecified atom stereocenters. The van der Waals surface area contributed by atoms with Gasteiger partial charge >= 0.3 is 0 Å². The number of benzene rings is 1. The van der Waals surface area contributed by atoms with E-state index in [1.165, 1.54) is 0 Å². The third-order valence-corrected chi connectivity index (χ3v) is 4.59. The van der Waals surface area contributed by atoms with Crippen molar-refractivity contribution >= 4 is 33.0 Å². The molecule has 0 atom stereocenters. The van der Waals surface area contributed by atoms with Gasteiger partial charge in [-0.25, -0.2) is 8.42 Å². The fourth-order valence-electron chi connectivity index (χ4n) is 1.43. The molecule has 7 heteroatoms. The smallest absolute Gasteiger partial charge is 0.251 e. The van der Waals surface area contributed by atoms with E-state index in [1.54, 1.807) is 31.3 Å². The Morgan fingerprint density at radius 2 is 1.84 bits per heavy atom. The molecule has 0 bridgehead atoms. The van der Waals surface area contributed by atoms with Gasteiger partial charge in [-0.2, -0.15) is 0 Å². The Hall–Kier alpha value is -1.27. The summed E-state index contributed by atoms with van der Waals surface area (Å²) in [6.45, 7) is 0.0891. The second-order valence-corrected chi connectivity index (χ2v) is 6.61. The number of alkyl halides is 1. The van der Waals surface area contributed by atoms with Gasteiger partial charge in [-0.1, -0.05) is 0 Å². The number of nitrogens with one attached hydrogen (secondary N) is 2. The van der Waals surface area contributed by atoms with Crippen molar-refractivity contribution in [2.75, 3.05) is 36.3 Å². The van der Waals surface area contributed by atoms with Crippen LogP contribution in [0.15, 0.2) is 24.3 Å². The largest absolute Gasteiger partial charge is 0.388 e. The number of amides is 1. The second kappa shape index (κ2) is 7.35. The number of carbonyl (C=O) groups is 1. The van der Waals surface area contributed by atoms with Gasteiger partial charge in [-0.05, 0) is 24.3 Å². The molecule has 19 heavy (non-hydrogen) atoms. The molecule has 2 N–H and O–H groups in total. The number of hydrogen-bond acceptors (Lipinski definition) is 4. The van der Waals surface area contributed by atoms with Gasteiger partial charge in [-0.3, -0.25) is 4.79 Å². The predicted molar refractivity (Wildman–Crippen MR) is 77.7 cm³/mol. The molecule has 1 amide bonds. The first-order valence-electron chi connectivity index (χ1n) is 5.81. The first-order valence-corrected chi connectivity index (χ1v) is 8.16. The molecule has 0 aromatic heterocycles. The van der Waals surface area contributed by atoms with Crippen LogP contribution < -0.4 is 10.6 Å². The van der Waals surface area contributed by atoms with Crippen LogP contribution in [0, 0.1) is 0 Å². The maximum Gasteiger partial charge on any atom is 0.251 e. The molecule has 5 nitrogen and oxygen atoms in total. The van der Waals surface area contributed by atoms with Crippen molar-refractivity contribution in [3.63, 3.8) is 0 Å². The van der Waals surface area contributed by atoms with Crippen LogP contribution in [0.5, 0.6) is 0 Å². The molecule has 0 aliphatic carbocycles. The summed E-state index contributed by atoms with van der Waals surface area (Å²) in [6, 6.07) is 6.90. The minimum absolute atomic E-state index is 0.0682. The molecule has 0 heterocycles. The summed E-state index contributed by atoms with van der Waals surface area (Å²) in [5.74, 6) is -0.382. The van der Waals surface area contributed by atoms with E-state index in [2.05, 4.69) is 10.6 Å². The minimum Gasteiger partial charge on any atom is -0.388 e. The Kier molecular flexibility index (Phi) is 6.11. The van der Waals surface area contributed by atoms with Gasteiger partial charge in [0.15, 0.2) is 9.84 Å². The number of rotatable bonds is 7. The van der Waals surface area contributed by atoms with Crippen molar-refractivity contribution in [3.8, 4) is 0 Å². The Morgan fingerprint density at radius 1 is 1.21 bits per heavy atom. The van der Waals surface area contributed by atoms with Crippen LogP contribution in [0.1, 0.15) is 10.4 Å². The summed E-state index contributed by atoms with van der Waals surface area (Å²) in [6.07, 6.45) is 0. The zero-order valence-electron chi connectivity index (χ0n) is 10.6. The average Bonchev–Trinajstić information content (AvgIpc) is 2.38. The highest BCUT2D eigenvalue weighted by Crippen LogP contribution is 2.08. The monoisotopic (exact) mass is 304 g/mol. The first-order chi connectivity index (χ1) is 8.98. The normalized spacial score (nSPS) is 11.1. The second-order valence-electron chi connectivity index (χ2n) is 3.92. The third-order valence-electron chi connectivity index (χ3n) is 2.52. The summed E-state index contributed by atoms with van der Waals surface area (Å²) in [4.78, 5) is 11.7. The van der Waals surface area contributed by atoms with Crippen molar-refractivity contribution in [2.24, 2.45) is 0 Å². The van der Waals surface area contributed by atoms with Crippen molar-refractivity contribution in [2.45, 2.75) is 0 Å². The molecule has 0 aliphatic heterocycles. The molecule has 0 saturated carbocycles. The summed E-state index contributed by atoms with van der Waals surface area (Å²) in [5, 5.41) is 5.52. The molecule has 1 rings (SSSR count). The van der Waals surface area contributed by atoms with E-state index in [4.69, 9.17) is 11.6 Å². The number of anilines is 1. The van der Waals surface area contributed by atoms with E-state index in [0.29, 0.717) is 5.56 Å². The van der Waals surface area contributed by atoms with Crippen LogP contribution >= 0.6 is 11.6 Å². The summed E-state index contributed by atoms with van der Waals surface area (Å²) in [5.41, 5.74) is 1.40. The molecular weight excluding hydrogens is 288 g/mol. The number of halogens is 1. The fourth-order valence-corrected chi connectivity index (χ4v) is 2.99. The van der Waals surface area contributed by atoms with Crippen LogP contribution in [-0.4, -0.2) is 45.3 Å². The Bertz CT molecular complexity index is 514. The van der Waals surface area contributed by atoms with Crippen LogP contribution in [0.25, 0.3) is 0 Å². The van der Waals surface area contributed by atoms with Gasteiger partial charge < -0.3 is 10.6 Å². The quantitative estimate of drug-likeness (QED) is 0.740. The summed E-state index contributed by atoms with van der Waals surface area (Å²) >= 11 is 5.38. The molecule has 0 fully saturated rings. The van der Waals surface area contributed by atoms with Crippen molar-refractivity contribution in [3.05, 3.63) is 29.8 Å². The lowest BCUT2D eigenvalue weighted by Crippen LogP contribution is -2.30. The average molecular weight is 305 g/mol. The highest BCUT2D eigenvalue weighted by atomic mass is 35.5. The SMILES string of the molecule is CNc1ccc(C(=O)NCCS(=O)(=O)CCCl)cc1. The number of hydrogen-bond donors (Lipinski definition) is 2. The highest BCUT2D eigenvalue weighted by molar-refractivity contribution is 7.91. The van der Waals surface area contributed by atoms with Crippen molar-refractivity contribution < 1.29 is 13.2 Å². The van der Waals surface area contributed by atoms with Gasteiger partial charge in [-0.15, -0.1) is 11.6 Å². The van der Waals surface area contributed by atoms with Crippen molar-refractivity contribution in [1.29, 1.82) is 0 Å². The lowest BCUT2D eigenvalue weighted by Gasteiger charge is -2.06. The highest BCUT2D eigenvalue weighted by Gasteiger charge is 2.11. The standard InChI is InChI=1S/C12H17ClN2O3S/c1-14-11-4-2-10(3-5-11)12(16)15-7-9-19(17,18)8-6-13/h2-5,14H,6-9H2,1H3,(H,15,16). The van der Waals surface area contributed by atoms with E-state index in [-0.39, 0.29) is 29.8 Å². The number of carbonyl (C=O) groups excluding carboxylic acids is 1. The molecule has 0 aliphatic rings. The van der Waals surface area contributed by atoms with Crippen LogP contribution in [0.3, 0.4) is 0 Å². The molecule has 1 aromatic carbocycles. The topological polar surface area (TPSA) is 75.3 Å². The maximum absolute atomic E-state index is 11.7. The third kappa shape index (κ3) is 5.48. The maximum atomic E-state index is 11.7. The zero-order valence-corrected chi connectivity index (χ0v) is 12.2. The summed E-state index contributed by atoms with van der Waals surface area (Å²) in [7, 11) is -1.39.